The number of imidazole rings is 1. The number of hydrogen-bond donors (Lipinski definition) is 1. The van der Waals surface area contributed by atoms with Crippen molar-refractivity contribution in [2.75, 3.05) is 5.32 Å². The smallest absolute Gasteiger partial charge is 0.207 e. The van der Waals surface area contributed by atoms with Gasteiger partial charge in [-0.2, -0.15) is 0 Å². The van der Waals surface area contributed by atoms with Crippen LogP contribution in [0.4, 0.5) is 11.6 Å². The number of para-hydroxylation sites is 1. The lowest BCUT2D eigenvalue weighted by Crippen LogP contribution is -2.04. The number of rotatable bonds is 5. The summed E-state index contributed by atoms with van der Waals surface area (Å²) in [5, 5.41) is 3.45. The lowest BCUT2D eigenvalue weighted by molar-refractivity contribution is 0.686. The van der Waals surface area contributed by atoms with Gasteiger partial charge in [0.05, 0.1) is 5.69 Å². The molecule has 3 heteroatoms. The zero-order chi connectivity index (χ0) is 13.0. The first-order valence-electron chi connectivity index (χ1n) is 6.63. The molecule has 1 aromatic heterocycles. The van der Waals surface area contributed by atoms with Crippen molar-refractivity contribution < 1.29 is 0 Å². The van der Waals surface area contributed by atoms with Crippen molar-refractivity contribution in [2.45, 2.75) is 40.2 Å². The number of aryl methyl sites for hydroxylation is 3. The topological polar surface area (TPSA) is 29.9 Å². The van der Waals surface area contributed by atoms with Gasteiger partial charge >= 0.3 is 0 Å². The molecule has 0 radical (unpaired) electrons. The highest BCUT2D eigenvalue weighted by atomic mass is 15.2. The van der Waals surface area contributed by atoms with E-state index in [1.807, 2.05) is 6.92 Å². The van der Waals surface area contributed by atoms with Crippen LogP contribution in [0.25, 0.3) is 0 Å². The first-order valence-corrected chi connectivity index (χ1v) is 6.63. The van der Waals surface area contributed by atoms with E-state index >= 15 is 0 Å². The highest BCUT2D eigenvalue weighted by Crippen LogP contribution is 2.21. The Kier molecular flexibility index (Phi) is 4.03. The van der Waals surface area contributed by atoms with Gasteiger partial charge in [-0.25, -0.2) is 4.98 Å². The molecule has 0 spiro atoms. The Morgan fingerprint density at radius 3 is 2.72 bits per heavy atom. The predicted molar refractivity (Wildman–Crippen MR) is 76.4 cm³/mol. The van der Waals surface area contributed by atoms with Crippen LogP contribution in [0.2, 0.25) is 0 Å². The number of hydrogen-bond acceptors (Lipinski definition) is 2. The standard InChI is InChI=1S/C15H21N3/c1-4-10-18-11-12(3)16-15(18)17-14-9-7-6-8-13(14)5-2/h6-9,11H,4-5,10H2,1-3H3,(H,16,17). The van der Waals surface area contributed by atoms with Gasteiger partial charge in [-0.05, 0) is 31.4 Å². The molecule has 0 aliphatic rings. The largest absolute Gasteiger partial charge is 0.325 e. The molecule has 18 heavy (non-hydrogen) atoms. The van der Waals surface area contributed by atoms with Crippen LogP contribution in [-0.4, -0.2) is 9.55 Å². The average molecular weight is 243 g/mol. The van der Waals surface area contributed by atoms with E-state index in [-0.39, 0.29) is 0 Å². The summed E-state index contributed by atoms with van der Waals surface area (Å²) < 4.78 is 2.18. The molecule has 2 rings (SSSR count). The first kappa shape index (κ1) is 12.7. The maximum Gasteiger partial charge on any atom is 0.207 e. The molecule has 0 unspecified atom stereocenters. The summed E-state index contributed by atoms with van der Waals surface area (Å²) in [5.74, 6) is 0.940. The molecule has 3 nitrogen and oxygen atoms in total. The monoisotopic (exact) mass is 243 g/mol. The summed E-state index contributed by atoms with van der Waals surface area (Å²) in [6.07, 6.45) is 4.23. The Morgan fingerprint density at radius 2 is 2.00 bits per heavy atom. The second-order valence-electron chi connectivity index (χ2n) is 4.53. The molecule has 1 N–H and O–H groups in total. The zero-order valence-electron chi connectivity index (χ0n) is 11.4. The minimum absolute atomic E-state index is 0.940. The molecular formula is C15H21N3. The lowest BCUT2D eigenvalue weighted by atomic mass is 10.1. The van der Waals surface area contributed by atoms with E-state index in [2.05, 4.69) is 59.2 Å². The minimum Gasteiger partial charge on any atom is -0.325 e. The number of benzene rings is 1. The highest BCUT2D eigenvalue weighted by molar-refractivity contribution is 5.59. The van der Waals surface area contributed by atoms with Crippen molar-refractivity contribution >= 4 is 11.6 Å². The molecular weight excluding hydrogens is 222 g/mol. The molecule has 0 fully saturated rings. The SMILES string of the molecule is CCCn1cc(C)nc1Nc1ccccc1CC. The average Bonchev–Trinajstić information content (AvgIpc) is 2.71. The summed E-state index contributed by atoms with van der Waals surface area (Å²) in [6, 6.07) is 8.40. The first-order chi connectivity index (χ1) is 8.74. The normalized spacial score (nSPS) is 10.6. The fourth-order valence-electron chi connectivity index (χ4n) is 2.13. The number of aromatic nitrogens is 2. The van der Waals surface area contributed by atoms with Crippen LogP contribution in [-0.2, 0) is 13.0 Å². The molecule has 0 saturated carbocycles. The van der Waals surface area contributed by atoms with Gasteiger partial charge in [0.2, 0.25) is 5.95 Å². The van der Waals surface area contributed by atoms with E-state index < -0.39 is 0 Å². The van der Waals surface area contributed by atoms with Gasteiger partial charge in [0.1, 0.15) is 0 Å². The van der Waals surface area contributed by atoms with E-state index in [0.717, 1.165) is 36.7 Å². The number of anilines is 2. The van der Waals surface area contributed by atoms with Crippen molar-refractivity contribution in [2.24, 2.45) is 0 Å². The Balaban J connectivity index is 2.27. The molecule has 2 aromatic rings. The van der Waals surface area contributed by atoms with Crippen LogP contribution in [0, 0.1) is 6.92 Å². The van der Waals surface area contributed by atoms with Gasteiger partial charge in [0.15, 0.2) is 0 Å². The van der Waals surface area contributed by atoms with E-state index in [9.17, 15) is 0 Å². The fraction of sp³-hybridized carbons (Fsp3) is 0.400. The summed E-state index contributed by atoms with van der Waals surface area (Å²) in [6.45, 7) is 7.38. The van der Waals surface area contributed by atoms with Crippen molar-refractivity contribution in [1.29, 1.82) is 0 Å². The molecule has 96 valence electrons. The Bertz CT molecular complexity index is 514. The molecule has 0 aliphatic carbocycles. The van der Waals surface area contributed by atoms with Crippen molar-refractivity contribution in [1.82, 2.24) is 9.55 Å². The third-order valence-electron chi connectivity index (χ3n) is 3.01. The summed E-state index contributed by atoms with van der Waals surface area (Å²) >= 11 is 0. The van der Waals surface area contributed by atoms with E-state index in [0.29, 0.717) is 0 Å². The van der Waals surface area contributed by atoms with Crippen molar-refractivity contribution in [3.05, 3.63) is 41.7 Å². The molecule has 1 aromatic carbocycles. The zero-order valence-corrected chi connectivity index (χ0v) is 11.4. The number of nitrogens with zero attached hydrogens (tertiary/aromatic N) is 2. The van der Waals surface area contributed by atoms with E-state index in [4.69, 9.17) is 0 Å². The van der Waals surface area contributed by atoms with Crippen LogP contribution >= 0.6 is 0 Å². The van der Waals surface area contributed by atoms with Crippen LogP contribution in [0.15, 0.2) is 30.5 Å². The van der Waals surface area contributed by atoms with Crippen LogP contribution in [0.3, 0.4) is 0 Å². The second kappa shape index (κ2) is 5.71. The van der Waals surface area contributed by atoms with E-state index in [1.165, 1.54) is 5.56 Å². The predicted octanol–water partition coefficient (Wildman–Crippen LogP) is 3.91. The Morgan fingerprint density at radius 1 is 1.22 bits per heavy atom. The summed E-state index contributed by atoms with van der Waals surface area (Å²) in [7, 11) is 0. The van der Waals surface area contributed by atoms with Crippen molar-refractivity contribution in [3.63, 3.8) is 0 Å². The van der Waals surface area contributed by atoms with Crippen LogP contribution in [0.5, 0.6) is 0 Å². The highest BCUT2D eigenvalue weighted by Gasteiger charge is 2.07. The van der Waals surface area contributed by atoms with E-state index in [1.54, 1.807) is 0 Å². The summed E-state index contributed by atoms with van der Waals surface area (Å²) in [5.41, 5.74) is 3.53. The Labute approximate surface area is 109 Å². The third-order valence-corrected chi connectivity index (χ3v) is 3.01. The molecule has 0 saturated heterocycles. The number of nitrogens with one attached hydrogen (secondary N) is 1. The molecule has 0 amide bonds. The maximum absolute atomic E-state index is 4.55. The van der Waals surface area contributed by atoms with Crippen LogP contribution in [0.1, 0.15) is 31.5 Å². The van der Waals surface area contributed by atoms with Gasteiger partial charge in [0, 0.05) is 18.4 Å². The molecule has 0 aliphatic heterocycles. The Hall–Kier alpha value is -1.77. The van der Waals surface area contributed by atoms with Crippen LogP contribution < -0.4 is 5.32 Å². The summed E-state index contributed by atoms with van der Waals surface area (Å²) in [4.78, 5) is 4.55. The van der Waals surface area contributed by atoms with Gasteiger partial charge in [-0.1, -0.05) is 32.0 Å². The molecule has 0 atom stereocenters. The van der Waals surface area contributed by atoms with Gasteiger partial charge in [0.25, 0.3) is 0 Å². The van der Waals surface area contributed by atoms with Gasteiger partial charge in [-0.3, -0.25) is 0 Å². The fourth-order valence-corrected chi connectivity index (χ4v) is 2.13. The second-order valence-corrected chi connectivity index (χ2v) is 4.53. The van der Waals surface area contributed by atoms with Crippen molar-refractivity contribution in [3.8, 4) is 0 Å². The molecule has 0 bridgehead atoms. The van der Waals surface area contributed by atoms with Gasteiger partial charge in [-0.15, -0.1) is 0 Å². The molecule has 1 heterocycles. The lowest BCUT2D eigenvalue weighted by Gasteiger charge is -2.11. The minimum atomic E-state index is 0.940. The third kappa shape index (κ3) is 2.73. The maximum atomic E-state index is 4.55. The van der Waals surface area contributed by atoms with Gasteiger partial charge < -0.3 is 9.88 Å². The quantitative estimate of drug-likeness (QED) is 0.863.